The molecule has 0 aromatic heterocycles. The number of hydrogen-bond acceptors (Lipinski definition) is 3. The topological polar surface area (TPSA) is 40.1 Å². The van der Waals surface area contributed by atoms with E-state index in [-0.39, 0.29) is 24.0 Å². The maximum Gasteiger partial charge on any atom is 0.193 e. The van der Waals surface area contributed by atoms with Crippen molar-refractivity contribution in [3.05, 3.63) is 29.8 Å². The van der Waals surface area contributed by atoms with Crippen molar-refractivity contribution in [2.45, 2.75) is 38.8 Å². The number of ether oxygens (including phenoxy) is 1. The van der Waals surface area contributed by atoms with Gasteiger partial charge in [-0.3, -0.25) is 4.99 Å². The first-order valence-electron chi connectivity index (χ1n) is 9.57. The summed E-state index contributed by atoms with van der Waals surface area (Å²) >= 11 is 0. The van der Waals surface area contributed by atoms with Gasteiger partial charge in [0.25, 0.3) is 0 Å². The number of aliphatic imine (C=N–C) groups is 1. The third-order valence-corrected chi connectivity index (χ3v) is 5.16. The van der Waals surface area contributed by atoms with Crippen molar-refractivity contribution in [3.8, 4) is 5.75 Å². The molecule has 1 atom stereocenters. The molecule has 1 saturated carbocycles. The third kappa shape index (κ3) is 6.01. The Labute approximate surface area is 175 Å². The zero-order valence-corrected chi connectivity index (χ0v) is 18.6. The van der Waals surface area contributed by atoms with Gasteiger partial charge in [0.05, 0.1) is 6.61 Å². The van der Waals surface area contributed by atoms with Crippen molar-refractivity contribution >= 4 is 29.9 Å². The first-order chi connectivity index (χ1) is 12.2. The van der Waals surface area contributed by atoms with Crippen molar-refractivity contribution in [3.63, 3.8) is 0 Å². The van der Waals surface area contributed by atoms with E-state index in [1.54, 1.807) is 0 Å². The molecule has 146 valence electrons. The summed E-state index contributed by atoms with van der Waals surface area (Å²) in [5.41, 5.74) is 1.26. The first kappa shape index (κ1) is 21.3. The minimum atomic E-state index is 0. The Morgan fingerprint density at radius 3 is 2.62 bits per heavy atom. The highest BCUT2D eigenvalue weighted by Crippen LogP contribution is 2.31. The lowest BCUT2D eigenvalue weighted by Crippen LogP contribution is -2.41. The van der Waals surface area contributed by atoms with Crippen LogP contribution in [0.15, 0.2) is 29.3 Å². The number of nitrogens with zero attached hydrogens (tertiary/aromatic N) is 3. The Bertz CT molecular complexity index is 574. The van der Waals surface area contributed by atoms with E-state index in [9.17, 15) is 0 Å². The summed E-state index contributed by atoms with van der Waals surface area (Å²) in [5, 5.41) is 3.57. The quantitative estimate of drug-likeness (QED) is 0.376. The van der Waals surface area contributed by atoms with Crippen LogP contribution in [-0.2, 0) is 6.54 Å². The zero-order chi connectivity index (χ0) is 17.6. The average Bonchev–Trinajstić information content (AvgIpc) is 3.36. The fraction of sp³-hybridized carbons (Fsp3) is 0.650. The summed E-state index contributed by atoms with van der Waals surface area (Å²) in [7, 11) is 3.96. The molecule has 6 heteroatoms. The lowest BCUT2D eigenvalue weighted by molar-refractivity contribution is 0.313. The van der Waals surface area contributed by atoms with Crippen LogP contribution in [0, 0.1) is 5.92 Å². The average molecular weight is 472 g/mol. The molecule has 0 amide bonds. The Morgan fingerprint density at radius 1 is 1.27 bits per heavy atom. The Balaban J connectivity index is 0.00000243. The van der Waals surface area contributed by atoms with Crippen molar-refractivity contribution in [1.29, 1.82) is 0 Å². The van der Waals surface area contributed by atoms with Gasteiger partial charge < -0.3 is 19.9 Å². The van der Waals surface area contributed by atoms with Gasteiger partial charge in [0.15, 0.2) is 5.96 Å². The van der Waals surface area contributed by atoms with Crippen LogP contribution in [0.2, 0.25) is 0 Å². The lowest BCUT2D eigenvalue weighted by Gasteiger charge is -2.24. The number of hydrogen-bond donors (Lipinski definition) is 1. The molecule has 5 nitrogen and oxygen atoms in total. The second-order valence-electron chi connectivity index (χ2n) is 7.24. The van der Waals surface area contributed by atoms with Gasteiger partial charge in [0.2, 0.25) is 0 Å². The number of rotatable bonds is 7. The largest absolute Gasteiger partial charge is 0.494 e. The Kier molecular flexibility index (Phi) is 8.47. The standard InChI is InChI=1S/C20H32N4O.HI/c1-4-25-19-9-5-16(6-10-19)14-23(3)20(21-2)22-13-17-11-12-24(15-17)18-7-8-18;/h5-6,9-10,17-18H,4,7-8,11-15H2,1-3H3,(H,21,22);1H. The van der Waals surface area contributed by atoms with E-state index in [1.165, 1.54) is 37.9 Å². The number of guanidine groups is 1. The summed E-state index contributed by atoms with van der Waals surface area (Å²) in [6.07, 6.45) is 4.13. The molecular formula is C20H33IN4O. The van der Waals surface area contributed by atoms with Crippen LogP contribution >= 0.6 is 24.0 Å². The predicted molar refractivity (Wildman–Crippen MR) is 119 cm³/mol. The van der Waals surface area contributed by atoms with E-state index in [2.05, 4.69) is 39.3 Å². The van der Waals surface area contributed by atoms with Crippen LogP contribution in [0.1, 0.15) is 31.7 Å². The van der Waals surface area contributed by atoms with Crippen LogP contribution in [0.4, 0.5) is 0 Å². The van der Waals surface area contributed by atoms with Gasteiger partial charge in [0, 0.05) is 39.8 Å². The van der Waals surface area contributed by atoms with Crippen LogP contribution < -0.4 is 10.1 Å². The van der Waals surface area contributed by atoms with Crippen molar-refractivity contribution < 1.29 is 4.74 Å². The van der Waals surface area contributed by atoms with Crippen molar-refractivity contribution in [2.24, 2.45) is 10.9 Å². The molecule has 0 radical (unpaired) electrons. The Morgan fingerprint density at radius 2 is 2.00 bits per heavy atom. The van der Waals surface area contributed by atoms with Gasteiger partial charge in [0.1, 0.15) is 5.75 Å². The monoisotopic (exact) mass is 472 g/mol. The van der Waals surface area contributed by atoms with E-state index in [4.69, 9.17) is 4.74 Å². The van der Waals surface area contributed by atoms with Crippen molar-refractivity contribution in [2.75, 3.05) is 40.3 Å². The zero-order valence-electron chi connectivity index (χ0n) is 16.3. The molecule has 2 aliphatic rings. The van der Waals surface area contributed by atoms with Crippen LogP contribution in [0.5, 0.6) is 5.75 Å². The molecule has 0 spiro atoms. The molecule has 1 aromatic carbocycles. The molecule has 1 heterocycles. The summed E-state index contributed by atoms with van der Waals surface area (Å²) in [6.45, 7) is 7.09. The summed E-state index contributed by atoms with van der Waals surface area (Å²) in [4.78, 5) is 9.30. The van der Waals surface area contributed by atoms with E-state index in [0.717, 1.165) is 36.8 Å². The van der Waals surface area contributed by atoms with E-state index >= 15 is 0 Å². The normalized spacial score (nSPS) is 20.6. The molecule has 1 aliphatic carbocycles. The second-order valence-corrected chi connectivity index (χ2v) is 7.24. The lowest BCUT2D eigenvalue weighted by atomic mass is 10.1. The number of nitrogens with one attached hydrogen (secondary N) is 1. The predicted octanol–water partition coefficient (Wildman–Crippen LogP) is 3.19. The number of likely N-dealkylation sites (tertiary alicyclic amines) is 1. The van der Waals surface area contributed by atoms with Gasteiger partial charge in [-0.15, -0.1) is 24.0 Å². The van der Waals surface area contributed by atoms with Crippen molar-refractivity contribution in [1.82, 2.24) is 15.1 Å². The van der Waals surface area contributed by atoms with Gasteiger partial charge in [-0.05, 0) is 56.3 Å². The molecule has 2 fully saturated rings. The van der Waals surface area contributed by atoms with E-state index in [0.29, 0.717) is 6.61 Å². The Hall–Kier alpha value is -1.02. The SMILES string of the molecule is CCOc1ccc(CN(C)C(=NC)NCC2CCN(C3CC3)C2)cc1.I. The molecule has 1 aliphatic heterocycles. The van der Waals surface area contributed by atoms with E-state index in [1.807, 2.05) is 26.1 Å². The highest BCUT2D eigenvalue weighted by molar-refractivity contribution is 14.0. The molecule has 1 N–H and O–H groups in total. The third-order valence-electron chi connectivity index (χ3n) is 5.16. The molecule has 1 unspecified atom stereocenters. The number of halogens is 1. The molecule has 0 bridgehead atoms. The van der Waals surface area contributed by atoms with Crippen LogP contribution in [-0.4, -0.2) is 62.1 Å². The maximum absolute atomic E-state index is 5.51. The van der Waals surface area contributed by atoms with Gasteiger partial charge in [-0.1, -0.05) is 12.1 Å². The minimum Gasteiger partial charge on any atom is -0.494 e. The molecule has 3 rings (SSSR count). The molecular weight excluding hydrogens is 439 g/mol. The highest BCUT2D eigenvalue weighted by Gasteiger charge is 2.34. The second kappa shape index (κ2) is 10.3. The van der Waals surface area contributed by atoms with Gasteiger partial charge >= 0.3 is 0 Å². The first-order valence-corrected chi connectivity index (χ1v) is 9.57. The van der Waals surface area contributed by atoms with E-state index < -0.39 is 0 Å². The highest BCUT2D eigenvalue weighted by atomic mass is 127. The van der Waals surface area contributed by atoms with Crippen LogP contribution in [0.3, 0.4) is 0 Å². The fourth-order valence-corrected chi connectivity index (χ4v) is 3.63. The summed E-state index contributed by atoms with van der Waals surface area (Å²) in [6, 6.07) is 9.21. The smallest absolute Gasteiger partial charge is 0.193 e. The van der Waals surface area contributed by atoms with Gasteiger partial charge in [-0.2, -0.15) is 0 Å². The van der Waals surface area contributed by atoms with Crippen LogP contribution in [0.25, 0.3) is 0 Å². The maximum atomic E-state index is 5.51. The minimum absolute atomic E-state index is 0. The number of benzene rings is 1. The van der Waals surface area contributed by atoms with Gasteiger partial charge in [-0.25, -0.2) is 0 Å². The molecule has 1 aromatic rings. The summed E-state index contributed by atoms with van der Waals surface area (Å²) in [5.74, 6) is 2.65. The molecule has 26 heavy (non-hydrogen) atoms. The summed E-state index contributed by atoms with van der Waals surface area (Å²) < 4.78 is 5.51. The fourth-order valence-electron chi connectivity index (χ4n) is 3.63. The molecule has 1 saturated heterocycles.